The summed E-state index contributed by atoms with van der Waals surface area (Å²) in [5.41, 5.74) is 1.34. The zero-order valence-corrected chi connectivity index (χ0v) is 11.5. The monoisotopic (exact) mass is 274 g/mol. The number of carbonyl (C=O) groups is 1. The average Bonchev–Trinajstić information content (AvgIpc) is 2.91. The molecule has 2 aromatic rings. The lowest BCUT2D eigenvalue weighted by Gasteiger charge is -2.27. The first kappa shape index (κ1) is 13.1. The van der Waals surface area contributed by atoms with E-state index >= 15 is 0 Å². The molecule has 1 aliphatic rings. The number of hydrogen-bond acceptors (Lipinski definition) is 4. The molecule has 106 valence electrons. The highest BCUT2D eigenvalue weighted by Crippen LogP contribution is 2.21. The summed E-state index contributed by atoms with van der Waals surface area (Å²) in [5.74, 6) is -0.0378. The fourth-order valence-electron chi connectivity index (χ4n) is 2.47. The zero-order chi connectivity index (χ0) is 13.9. The van der Waals surface area contributed by atoms with E-state index in [1.54, 1.807) is 11.9 Å². The van der Waals surface area contributed by atoms with Gasteiger partial charge in [0, 0.05) is 32.1 Å². The van der Waals surface area contributed by atoms with Crippen LogP contribution in [0.1, 0.15) is 10.4 Å². The quantitative estimate of drug-likeness (QED) is 0.921. The molecule has 20 heavy (non-hydrogen) atoms. The predicted molar refractivity (Wildman–Crippen MR) is 75.8 cm³/mol. The molecule has 1 amide bonds. The highest BCUT2D eigenvalue weighted by atomic mass is 16.5. The van der Waals surface area contributed by atoms with Gasteiger partial charge in [0.05, 0.1) is 18.3 Å². The van der Waals surface area contributed by atoms with E-state index in [4.69, 9.17) is 9.15 Å². The molecule has 1 aromatic heterocycles. The molecule has 1 fully saturated rings. The number of rotatable bonds is 3. The summed E-state index contributed by atoms with van der Waals surface area (Å²) in [4.78, 5) is 14.2. The highest BCUT2D eigenvalue weighted by molar-refractivity contribution is 6.05. The predicted octanol–water partition coefficient (Wildman–Crippen LogP) is 1.49. The van der Waals surface area contributed by atoms with Gasteiger partial charge in [-0.1, -0.05) is 18.2 Å². The summed E-state index contributed by atoms with van der Waals surface area (Å²) >= 11 is 0. The minimum atomic E-state index is -0.0378. The molecule has 2 heterocycles. The van der Waals surface area contributed by atoms with Gasteiger partial charge in [-0.15, -0.1) is 0 Å². The molecule has 0 spiro atoms. The van der Waals surface area contributed by atoms with Crippen LogP contribution in [0.25, 0.3) is 11.0 Å². The van der Waals surface area contributed by atoms with E-state index in [1.807, 2.05) is 24.3 Å². The van der Waals surface area contributed by atoms with E-state index < -0.39 is 0 Å². The maximum absolute atomic E-state index is 12.5. The summed E-state index contributed by atoms with van der Waals surface area (Å²) in [6, 6.07) is 7.56. The molecule has 0 bridgehead atoms. The van der Waals surface area contributed by atoms with Gasteiger partial charge >= 0.3 is 0 Å². The van der Waals surface area contributed by atoms with Crippen LogP contribution in [-0.4, -0.2) is 50.2 Å². The summed E-state index contributed by atoms with van der Waals surface area (Å²) in [7, 11) is 1.79. The fraction of sp³-hybridized carbons (Fsp3) is 0.400. The molecule has 1 unspecified atom stereocenters. The molecule has 1 aromatic carbocycles. The van der Waals surface area contributed by atoms with Crippen molar-refractivity contribution in [3.05, 3.63) is 36.1 Å². The van der Waals surface area contributed by atoms with Crippen molar-refractivity contribution in [3.8, 4) is 0 Å². The third kappa shape index (κ3) is 2.55. The Morgan fingerprint density at radius 2 is 2.30 bits per heavy atom. The second-order valence-electron chi connectivity index (χ2n) is 5.03. The maximum Gasteiger partial charge on any atom is 0.257 e. The van der Waals surface area contributed by atoms with Gasteiger partial charge in [0.1, 0.15) is 11.8 Å². The minimum absolute atomic E-state index is 0.0378. The molecule has 5 heteroatoms. The van der Waals surface area contributed by atoms with Crippen LogP contribution in [0.5, 0.6) is 0 Å². The van der Waals surface area contributed by atoms with Gasteiger partial charge < -0.3 is 19.4 Å². The molecule has 3 rings (SSSR count). The Labute approximate surface area is 117 Å². The van der Waals surface area contributed by atoms with Crippen molar-refractivity contribution in [2.45, 2.75) is 6.10 Å². The first-order chi connectivity index (χ1) is 9.75. The highest BCUT2D eigenvalue weighted by Gasteiger charge is 2.21. The van der Waals surface area contributed by atoms with Gasteiger partial charge in [-0.3, -0.25) is 4.79 Å². The van der Waals surface area contributed by atoms with Crippen molar-refractivity contribution in [1.82, 2.24) is 10.2 Å². The standard InChI is InChI=1S/C15H18N2O3/c1-17(9-11-8-16-6-7-19-11)15(18)13-10-20-14-5-3-2-4-12(13)14/h2-5,10-11,16H,6-9H2,1H3. The van der Waals surface area contributed by atoms with E-state index in [0.717, 1.165) is 24.1 Å². The molecule has 0 aliphatic carbocycles. The lowest BCUT2D eigenvalue weighted by Crippen LogP contribution is -2.45. The van der Waals surface area contributed by atoms with Gasteiger partial charge in [0.25, 0.3) is 5.91 Å². The fourth-order valence-corrected chi connectivity index (χ4v) is 2.47. The number of para-hydroxylation sites is 1. The van der Waals surface area contributed by atoms with E-state index in [2.05, 4.69) is 5.32 Å². The van der Waals surface area contributed by atoms with Gasteiger partial charge in [-0.05, 0) is 6.07 Å². The average molecular weight is 274 g/mol. The van der Waals surface area contributed by atoms with Crippen LogP contribution in [0.4, 0.5) is 0 Å². The summed E-state index contributed by atoms with van der Waals surface area (Å²) in [6.07, 6.45) is 1.58. The van der Waals surface area contributed by atoms with Crippen molar-refractivity contribution in [2.75, 3.05) is 33.3 Å². The summed E-state index contributed by atoms with van der Waals surface area (Å²) in [5, 5.41) is 4.12. The molecule has 5 nitrogen and oxygen atoms in total. The Morgan fingerprint density at radius 1 is 1.45 bits per heavy atom. The Bertz CT molecular complexity index is 602. The van der Waals surface area contributed by atoms with Gasteiger partial charge in [-0.25, -0.2) is 0 Å². The Kier molecular flexibility index (Phi) is 3.71. The zero-order valence-electron chi connectivity index (χ0n) is 11.5. The SMILES string of the molecule is CN(CC1CNCCO1)C(=O)c1coc2ccccc12. The minimum Gasteiger partial charge on any atom is -0.463 e. The molecule has 1 atom stereocenters. The van der Waals surface area contributed by atoms with Crippen LogP contribution in [0.2, 0.25) is 0 Å². The van der Waals surface area contributed by atoms with E-state index in [0.29, 0.717) is 18.7 Å². The van der Waals surface area contributed by atoms with Crippen LogP contribution in [-0.2, 0) is 4.74 Å². The second kappa shape index (κ2) is 5.64. The van der Waals surface area contributed by atoms with Crippen molar-refractivity contribution < 1.29 is 13.9 Å². The number of furan rings is 1. The molecule has 0 saturated carbocycles. The number of amides is 1. The van der Waals surface area contributed by atoms with Crippen LogP contribution in [0.15, 0.2) is 34.9 Å². The van der Waals surface area contributed by atoms with E-state index in [-0.39, 0.29) is 12.0 Å². The number of morpholine rings is 1. The van der Waals surface area contributed by atoms with Crippen LogP contribution >= 0.6 is 0 Å². The number of nitrogens with zero attached hydrogens (tertiary/aromatic N) is 1. The summed E-state index contributed by atoms with van der Waals surface area (Å²) < 4.78 is 11.0. The van der Waals surface area contributed by atoms with Crippen LogP contribution < -0.4 is 5.32 Å². The first-order valence-corrected chi connectivity index (χ1v) is 6.80. The molecule has 1 saturated heterocycles. The largest absolute Gasteiger partial charge is 0.463 e. The smallest absolute Gasteiger partial charge is 0.257 e. The molecular weight excluding hydrogens is 256 g/mol. The van der Waals surface area contributed by atoms with Crippen molar-refractivity contribution in [3.63, 3.8) is 0 Å². The number of fused-ring (bicyclic) bond motifs is 1. The number of hydrogen-bond donors (Lipinski definition) is 1. The third-order valence-corrected chi connectivity index (χ3v) is 3.54. The van der Waals surface area contributed by atoms with Crippen LogP contribution in [0.3, 0.4) is 0 Å². The Morgan fingerprint density at radius 3 is 3.10 bits per heavy atom. The molecule has 1 N–H and O–H groups in total. The Hall–Kier alpha value is -1.85. The van der Waals surface area contributed by atoms with Crippen molar-refractivity contribution in [2.24, 2.45) is 0 Å². The van der Waals surface area contributed by atoms with Gasteiger partial charge in [0.15, 0.2) is 0 Å². The normalized spacial score (nSPS) is 19.1. The Balaban J connectivity index is 1.74. The lowest BCUT2D eigenvalue weighted by molar-refractivity contribution is 0.0104. The van der Waals surface area contributed by atoms with Gasteiger partial charge in [0.2, 0.25) is 0 Å². The van der Waals surface area contributed by atoms with Crippen molar-refractivity contribution >= 4 is 16.9 Å². The van der Waals surface area contributed by atoms with Crippen LogP contribution in [0, 0.1) is 0 Å². The van der Waals surface area contributed by atoms with Gasteiger partial charge in [-0.2, -0.15) is 0 Å². The molecule has 1 aliphatic heterocycles. The number of likely N-dealkylation sites (N-methyl/N-ethyl adjacent to an activating group) is 1. The van der Waals surface area contributed by atoms with E-state index in [9.17, 15) is 4.79 Å². The molecular formula is C15H18N2O3. The second-order valence-corrected chi connectivity index (χ2v) is 5.03. The number of nitrogens with one attached hydrogen (secondary N) is 1. The number of carbonyl (C=O) groups excluding carboxylic acids is 1. The molecule has 0 radical (unpaired) electrons. The maximum atomic E-state index is 12.5. The number of benzene rings is 1. The number of ether oxygens (including phenoxy) is 1. The first-order valence-electron chi connectivity index (χ1n) is 6.80. The third-order valence-electron chi connectivity index (χ3n) is 3.54. The van der Waals surface area contributed by atoms with E-state index in [1.165, 1.54) is 6.26 Å². The topological polar surface area (TPSA) is 54.7 Å². The van der Waals surface area contributed by atoms with Crippen molar-refractivity contribution in [1.29, 1.82) is 0 Å². The lowest BCUT2D eigenvalue weighted by atomic mass is 10.1. The summed E-state index contributed by atoms with van der Waals surface area (Å²) in [6.45, 7) is 2.93.